The number of nitrogens with zero attached hydrogens (tertiary/aromatic N) is 2. The van der Waals surface area contributed by atoms with Gasteiger partial charge < -0.3 is 5.32 Å². The highest BCUT2D eigenvalue weighted by Gasteiger charge is 2.19. The van der Waals surface area contributed by atoms with Crippen LogP contribution in [0, 0.1) is 11.6 Å². The number of carbonyl (C=O) groups is 1. The minimum Gasteiger partial charge on any atom is -0.319 e. The zero-order valence-corrected chi connectivity index (χ0v) is 14.5. The van der Waals surface area contributed by atoms with Gasteiger partial charge >= 0.3 is 0 Å². The lowest BCUT2D eigenvalue weighted by Gasteiger charge is -2.06. The van der Waals surface area contributed by atoms with Crippen molar-refractivity contribution in [1.82, 2.24) is 9.78 Å². The molecule has 4 aromatic rings. The molecule has 1 heterocycles. The van der Waals surface area contributed by atoms with E-state index >= 15 is 0 Å². The molecule has 134 valence electrons. The first-order valence-corrected chi connectivity index (χ1v) is 8.41. The Balaban J connectivity index is 1.77. The summed E-state index contributed by atoms with van der Waals surface area (Å²) in [6.45, 7) is 0. The minimum absolute atomic E-state index is 0.0885. The Bertz CT molecular complexity index is 1160. The fourth-order valence-corrected chi connectivity index (χ4v) is 3.00. The molecule has 1 amide bonds. The lowest BCUT2D eigenvalue weighted by atomic mass is 10.2. The smallest absolute Gasteiger partial charge is 0.276 e. The van der Waals surface area contributed by atoms with Crippen LogP contribution in [0.5, 0.6) is 0 Å². The molecule has 0 saturated heterocycles. The van der Waals surface area contributed by atoms with E-state index in [1.807, 2.05) is 12.1 Å². The summed E-state index contributed by atoms with van der Waals surface area (Å²) in [6.07, 6.45) is 0. The second-order valence-corrected chi connectivity index (χ2v) is 6.24. The molecule has 0 atom stereocenters. The van der Waals surface area contributed by atoms with E-state index in [0.29, 0.717) is 16.6 Å². The third-order valence-electron chi connectivity index (χ3n) is 4.05. The predicted molar refractivity (Wildman–Crippen MR) is 100 cm³/mol. The molecule has 0 fully saturated rings. The highest BCUT2D eigenvalue weighted by Crippen LogP contribution is 2.26. The topological polar surface area (TPSA) is 46.9 Å². The number of para-hydroxylation sites is 1. The van der Waals surface area contributed by atoms with Crippen LogP contribution in [0.3, 0.4) is 0 Å². The van der Waals surface area contributed by atoms with Gasteiger partial charge in [-0.25, -0.2) is 13.5 Å². The summed E-state index contributed by atoms with van der Waals surface area (Å²) >= 11 is 5.98. The average Bonchev–Trinajstić information content (AvgIpc) is 3.04. The number of hydrogen-bond donors (Lipinski definition) is 1. The van der Waals surface area contributed by atoms with Crippen LogP contribution >= 0.6 is 11.6 Å². The third-order valence-corrected chi connectivity index (χ3v) is 4.37. The molecular formula is C20H12ClF2N3O. The Morgan fingerprint density at radius 3 is 2.41 bits per heavy atom. The lowest BCUT2D eigenvalue weighted by Crippen LogP contribution is -2.14. The fraction of sp³-hybridized carbons (Fsp3) is 0. The number of nitrogens with one attached hydrogen (secondary N) is 1. The third kappa shape index (κ3) is 3.27. The van der Waals surface area contributed by atoms with Gasteiger partial charge in [0.1, 0.15) is 11.6 Å². The largest absolute Gasteiger partial charge is 0.319 e. The highest BCUT2D eigenvalue weighted by atomic mass is 35.5. The van der Waals surface area contributed by atoms with Crippen LogP contribution in [0.2, 0.25) is 5.02 Å². The minimum atomic E-state index is -0.496. The van der Waals surface area contributed by atoms with Crippen LogP contribution in [0.1, 0.15) is 10.5 Å². The summed E-state index contributed by atoms with van der Waals surface area (Å²) in [5, 5.41) is 7.76. The molecule has 0 spiro atoms. The lowest BCUT2D eigenvalue weighted by molar-refractivity contribution is 0.102. The van der Waals surface area contributed by atoms with Gasteiger partial charge in [0.25, 0.3) is 5.91 Å². The molecule has 0 aliphatic rings. The van der Waals surface area contributed by atoms with E-state index in [1.165, 1.54) is 24.3 Å². The van der Waals surface area contributed by atoms with E-state index in [0.717, 1.165) is 6.07 Å². The molecule has 27 heavy (non-hydrogen) atoms. The number of carbonyl (C=O) groups excluding carboxylic acids is 1. The number of hydrogen-bond acceptors (Lipinski definition) is 2. The molecule has 0 unspecified atom stereocenters. The summed E-state index contributed by atoms with van der Waals surface area (Å²) in [5.41, 5.74) is 1.77. The van der Waals surface area contributed by atoms with Gasteiger partial charge in [-0.2, -0.15) is 5.10 Å². The maximum atomic E-state index is 13.2. The Kier molecular flexibility index (Phi) is 4.33. The first-order valence-electron chi connectivity index (χ1n) is 8.03. The maximum absolute atomic E-state index is 13.2. The average molecular weight is 384 g/mol. The molecule has 0 aliphatic heterocycles. The number of fused-ring (bicyclic) bond motifs is 1. The summed E-state index contributed by atoms with van der Waals surface area (Å²) in [6, 6.07) is 16.7. The van der Waals surface area contributed by atoms with E-state index in [1.54, 1.807) is 28.9 Å². The van der Waals surface area contributed by atoms with E-state index in [-0.39, 0.29) is 22.2 Å². The number of aromatic nitrogens is 2. The van der Waals surface area contributed by atoms with E-state index in [4.69, 9.17) is 11.6 Å². The molecule has 0 radical (unpaired) electrons. The first-order chi connectivity index (χ1) is 13.0. The van der Waals surface area contributed by atoms with Gasteiger partial charge in [-0.05, 0) is 48.5 Å². The molecule has 7 heteroatoms. The van der Waals surface area contributed by atoms with Gasteiger partial charge in [0, 0.05) is 5.39 Å². The molecule has 0 aliphatic carbocycles. The second-order valence-electron chi connectivity index (χ2n) is 5.83. The number of halogens is 3. The standard InChI is InChI=1S/C20H12ClF2N3O/c21-16-11-13(23)7-10-17(16)24-20(27)19-15-3-1-2-4-18(15)26(25-19)14-8-5-12(22)6-9-14/h1-11H,(H,24,27). The monoisotopic (exact) mass is 383 g/mol. The van der Waals surface area contributed by atoms with Gasteiger partial charge in [0.05, 0.1) is 21.9 Å². The predicted octanol–water partition coefficient (Wildman–Crippen LogP) is 5.21. The van der Waals surface area contributed by atoms with Gasteiger partial charge in [-0.1, -0.05) is 29.8 Å². The molecule has 4 nitrogen and oxygen atoms in total. The Morgan fingerprint density at radius 1 is 0.963 bits per heavy atom. The van der Waals surface area contributed by atoms with Crippen LogP contribution in [0.25, 0.3) is 16.6 Å². The fourth-order valence-electron chi connectivity index (χ4n) is 2.79. The molecule has 3 aromatic carbocycles. The zero-order valence-electron chi connectivity index (χ0n) is 13.8. The molecular weight excluding hydrogens is 372 g/mol. The molecule has 0 saturated carbocycles. The van der Waals surface area contributed by atoms with E-state index in [9.17, 15) is 13.6 Å². The van der Waals surface area contributed by atoms with Gasteiger partial charge in [0.2, 0.25) is 0 Å². The van der Waals surface area contributed by atoms with Crippen LogP contribution in [0.15, 0.2) is 66.7 Å². The van der Waals surface area contributed by atoms with Crippen LogP contribution < -0.4 is 5.32 Å². The van der Waals surface area contributed by atoms with Crippen molar-refractivity contribution in [2.75, 3.05) is 5.32 Å². The van der Waals surface area contributed by atoms with Crippen molar-refractivity contribution in [3.8, 4) is 5.69 Å². The SMILES string of the molecule is O=C(Nc1ccc(F)cc1Cl)c1nn(-c2ccc(F)cc2)c2ccccc12. The molecule has 1 aromatic heterocycles. The number of benzene rings is 3. The summed E-state index contributed by atoms with van der Waals surface area (Å²) in [5.74, 6) is -1.34. The van der Waals surface area contributed by atoms with Crippen molar-refractivity contribution in [2.45, 2.75) is 0 Å². The van der Waals surface area contributed by atoms with E-state index in [2.05, 4.69) is 10.4 Å². The van der Waals surface area contributed by atoms with Crippen molar-refractivity contribution in [2.24, 2.45) is 0 Å². The Labute approximate surface area is 158 Å². The second kappa shape index (κ2) is 6.81. The van der Waals surface area contributed by atoms with Gasteiger partial charge in [-0.3, -0.25) is 4.79 Å². The molecule has 1 N–H and O–H groups in total. The van der Waals surface area contributed by atoms with Crippen molar-refractivity contribution in [3.63, 3.8) is 0 Å². The normalized spacial score (nSPS) is 10.9. The zero-order chi connectivity index (χ0) is 19.0. The van der Waals surface area contributed by atoms with Crippen molar-refractivity contribution in [1.29, 1.82) is 0 Å². The van der Waals surface area contributed by atoms with Crippen LogP contribution in [-0.4, -0.2) is 15.7 Å². The van der Waals surface area contributed by atoms with Crippen molar-refractivity contribution >= 4 is 34.1 Å². The number of rotatable bonds is 3. The van der Waals surface area contributed by atoms with E-state index < -0.39 is 11.7 Å². The Hall–Kier alpha value is -3.25. The van der Waals surface area contributed by atoms with Crippen molar-refractivity contribution < 1.29 is 13.6 Å². The van der Waals surface area contributed by atoms with Crippen LogP contribution in [0.4, 0.5) is 14.5 Å². The van der Waals surface area contributed by atoms with Crippen LogP contribution in [-0.2, 0) is 0 Å². The Morgan fingerprint density at radius 2 is 1.67 bits per heavy atom. The maximum Gasteiger partial charge on any atom is 0.276 e. The summed E-state index contributed by atoms with van der Waals surface area (Å²) in [4.78, 5) is 12.8. The summed E-state index contributed by atoms with van der Waals surface area (Å²) < 4.78 is 28.0. The molecule has 0 bridgehead atoms. The van der Waals surface area contributed by atoms with Gasteiger partial charge in [-0.15, -0.1) is 0 Å². The first kappa shape index (κ1) is 17.2. The highest BCUT2D eigenvalue weighted by molar-refractivity contribution is 6.34. The summed E-state index contributed by atoms with van der Waals surface area (Å²) in [7, 11) is 0. The quantitative estimate of drug-likeness (QED) is 0.528. The molecule has 4 rings (SSSR count). The van der Waals surface area contributed by atoms with Crippen molar-refractivity contribution in [3.05, 3.63) is 89.1 Å². The van der Waals surface area contributed by atoms with Gasteiger partial charge in [0.15, 0.2) is 5.69 Å². The number of amides is 1. The number of anilines is 1.